The number of nitrogens with zero attached hydrogens (tertiary/aromatic N) is 2. The first-order valence-electron chi connectivity index (χ1n) is 11.3. The van der Waals surface area contributed by atoms with Crippen molar-refractivity contribution in [1.82, 2.24) is 15.5 Å². The molecule has 1 heterocycles. The van der Waals surface area contributed by atoms with Gasteiger partial charge in [-0.05, 0) is 43.7 Å². The summed E-state index contributed by atoms with van der Waals surface area (Å²) in [6, 6.07) is 8.74. The maximum Gasteiger partial charge on any atom is 0.191 e. The number of likely N-dealkylation sites (tertiary alicyclic amines) is 1. The summed E-state index contributed by atoms with van der Waals surface area (Å²) in [6.07, 6.45) is 4.96. The molecule has 1 aromatic carbocycles. The number of guanidine groups is 1. The Bertz CT molecular complexity index is 569. The predicted molar refractivity (Wildman–Crippen MR) is 120 cm³/mol. The van der Waals surface area contributed by atoms with Crippen LogP contribution in [0.25, 0.3) is 0 Å². The number of hydrogen-bond donors (Lipinski definition) is 3. The number of piperidine rings is 1. The molecule has 0 unspecified atom stereocenters. The van der Waals surface area contributed by atoms with Gasteiger partial charge < -0.3 is 20.5 Å². The van der Waals surface area contributed by atoms with Crippen LogP contribution in [0.1, 0.15) is 57.1 Å². The largest absolute Gasteiger partial charge is 0.393 e. The highest BCUT2D eigenvalue weighted by Crippen LogP contribution is 2.14. The molecule has 0 radical (unpaired) electrons. The quantitative estimate of drug-likeness (QED) is 0.284. The van der Waals surface area contributed by atoms with Crippen LogP contribution in [0.4, 0.5) is 0 Å². The monoisotopic (exact) mass is 404 g/mol. The van der Waals surface area contributed by atoms with E-state index in [1.807, 2.05) is 0 Å². The topological polar surface area (TPSA) is 69.1 Å². The van der Waals surface area contributed by atoms with Crippen LogP contribution in [0, 0.1) is 0 Å². The molecule has 0 amide bonds. The van der Waals surface area contributed by atoms with Crippen molar-refractivity contribution in [2.45, 2.75) is 65.1 Å². The second kappa shape index (κ2) is 14.4. The SMILES string of the molecule is CCCCOCCCNC(=NCc1ccc(CN2CCC(O)CC2)cc1)NCC. The van der Waals surface area contributed by atoms with Gasteiger partial charge in [0.15, 0.2) is 5.96 Å². The minimum atomic E-state index is -0.111. The number of unbranched alkanes of at least 4 members (excludes halogenated alkanes) is 1. The third-order valence-corrected chi connectivity index (χ3v) is 5.15. The molecule has 3 N–H and O–H groups in total. The van der Waals surface area contributed by atoms with E-state index < -0.39 is 0 Å². The number of rotatable bonds is 12. The third-order valence-electron chi connectivity index (χ3n) is 5.15. The Morgan fingerprint density at radius 2 is 1.76 bits per heavy atom. The number of aliphatic imine (C=N–C) groups is 1. The van der Waals surface area contributed by atoms with Crippen LogP contribution in [0.2, 0.25) is 0 Å². The Kier molecular flexibility index (Phi) is 11.7. The van der Waals surface area contributed by atoms with E-state index in [9.17, 15) is 5.11 Å². The maximum atomic E-state index is 9.63. The van der Waals surface area contributed by atoms with E-state index in [1.165, 1.54) is 17.5 Å². The van der Waals surface area contributed by atoms with Gasteiger partial charge in [-0.25, -0.2) is 4.99 Å². The number of ether oxygens (including phenoxy) is 1. The van der Waals surface area contributed by atoms with Crippen molar-refractivity contribution in [3.63, 3.8) is 0 Å². The van der Waals surface area contributed by atoms with Crippen molar-refractivity contribution < 1.29 is 9.84 Å². The molecular weight excluding hydrogens is 364 g/mol. The second-order valence-electron chi connectivity index (χ2n) is 7.77. The minimum absolute atomic E-state index is 0.111. The average Bonchev–Trinajstić information content (AvgIpc) is 2.74. The summed E-state index contributed by atoms with van der Waals surface area (Å²) in [5.41, 5.74) is 2.53. The molecule has 1 aromatic rings. The lowest BCUT2D eigenvalue weighted by molar-refractivity contribution is 0.0792. The summed E-state index contributed by atoms with van der Waals surface area (Å²) in [7, 11) is 0. The van der Waals surface area contributed by atoms with E-state index in [4.69, 9.17) is 9.73 Å². The summed E-state index contributed by atoms with van der Waals surface area (Å²) in [5, 5.41) is 16.3. The smallest absolute Gasteiger partial charge is 0.191 e. The van der Waals surface area contributed by atoms with E-state index in [0.717, 1.165) is 77.6 Å². The molecule has 0 bridgehead atoms. The van der Waals surface area contributed by atoms with Gasteiger partial charge in [0.25, 0.3) is 0 Å². The molecule has 0 atom stereocenters. The lowest BCUT2D eigenvalue weighted by Crippen LogP contribution is -2.38. The molecule has 1 aliphatic heterocycles. The standard InChI is InChI=1S/C23H40N4O2/c1-3-5-16-29-17-6-13-25-23(24-4-2)26-18-20-7-9-21(10-8-20)19-27-14-11-22(28)12-15-27/h7-10,22,28H,3-6,11-19H2,1-2H3,(H2,24,25,26). The van der Waals surface area contributed by atoms with Crippen molar-refractivity contribution >= 4 is 5.96 Å². The van der Waals surface area contributed by atoms with Gasteiger partial charge in [0, 0.05) is 45.9 Å². The Balaban J connectivity index is 1.72. The summed E-state index contributed by atoms with van der Waals surface area (Å²) in [6.45, 7) is 11.2. The van der Waals surface area contributed by atoms with Crippen LogP contribution in [-0.2, 0) is 17.8 Å². The van der Waals surface area contributed by atoms with E-state index in [2.05, 4.69) is 53.6 Å². The molecule has 1 aliphatic rings. The molecule has 1 saturated heterocycles. The molecule has 0 spiro atoms. The van der Waals surface area contributed by atoms with Crippen molar-refractivity contribution in [2.75, 3.05) is 39.4 Å². The zero-order valence-corrected chi connectivity index (χ0v) is 18.3. The van der Waals surface area contributed by atoms with Gasteiger partial charge >= 0.3 is 0 Å². The molecule has 29 heavy (non-hydrogen) atoms. The molecule has 6 heteroatoms. The normalized spacial score (nSPS) is 16.2. The summed E-state index contributed by atoms with van der Waals surface area (Å²) < 4.78 is 5.60. The number of benzene rings is 1. The van der Waals surface area contributed by atoms with E-state index >= 15 is 0 Å². The fraction of sp³-hybridized carbons (Fsp3) is 0.696. The van der Waals surface area contributed by atoms with Crippen LogP contribution in [0.3, 0.4) is 0 Å². The van der Waals surface area contributed by atoms with Crippen molar-refractivity contribution in [1.29, 1.82) is 0 Å². The van der Waals surface area contributed by atoms with Crippen LogP contribution in [0.5, 0.6) is 0 Å². The zero-order valence-electron chi connectivity index (χ0n) is 18.3. The summed E-state index contributed by atoms with van der Waals surface area (Å²) in [4.78, 5) is 7.12. The van der Waals surface area contributed by atoms with Gasteiger partial charge in [0.05, 0.1) is 12.6 Å². The second-order valence-corrected chi connectivity index (χ2v) is 7.77. The van der Waals surface area contributed by atoms with Gasteiger partial charge in [0.1, 0.15) is 0 Å². The van der Waals surface area contributed by atoms with Crippen LogP contribution >= 0.6 is 0 Å². The molecular formula is C23H40N4O2. The Hall–Kier alpha value is -1.63. The van der Waals surface area contributed by atoms with E-state index in [1.54, 1.807) is 0 Å². The van der Waals surface area contributed by atoms with Gasteiger partial charge in [0.2, 0.25) is 0 Å². The maximum absolute atomic E-state index is 9.63. The first-order valence-corrected chi connectivity index (χ1v) is 11.3. The van der Waals surface area contributed by atoms with Gasteiger partial charge in [-0.15, -0.1) is 0 Å². The molecule has 0 saturated carbocycles. The Morgan fingerprint density at radius 3 is 2.45 bits per heavy atom. The van der Waals surface area contributed by atoms with Crippen LogP contribution < -0.4 is 10.6 Å². The highest BCUT2D eigenvalue weighted by atomic mass is 16.5. The molecule has 0 aromatic heterocycles. The van der Waals surface area contributed by atoms with Gasteiger partial charge in [-0.1, -0.05) is 37.6 Å². The predicted octanol–water partition coefficient (Wildman–Crippen LogP) is 2.91. The highest BCUT2D eigenvalue weighted by molar-refractivity contribution is 5.79. The van der Waals surface area contributed by atoms with Crippen LogP contribution in [0.15, 0.2) is 29.3 Å². The van der Waals surface area contributed by atoms with E-state index in [-0.39, 0.29) is 6.10 Å². The van der Waals surface area contributed by atoms with Crippen molar-refractivity contribution in [3.8, 4) is 0 Å². The first-order chi connectivity index (χ1) is 14.2. The van der Waals surface area contributed by atoms with Crippen LogP contribution in [-0.4, -0.2) is 61.5 Å². The molecule has 0 aliphatic carbocycles. The van der Waals surface area contributed by atoms with Crippen molar-refractivity contribution in [2.24, 2.45) is 4.99 Å². The first kappa shape index (κ1) is 23.6. The van der Waals surface area contributed by atoms with Gasteiger partial charge in [-0.3, -0.25) is 4.90 Å². The Morgan fingerprint density at radius 1 is 1.07 bits per heavy atom. The third kappa shape index (κ3) is 10.1. The number of aliphatic hydroxyl groups excluding tert-OH is 1. The summed E-state index contributed by atoms with van der Waals surface area (Å²) in [5.74, 6) is 0.858. The number of aliphatic hydroxyl groups is 1. The average molecular weight is 405 g/mol. The van der Waals surface area contributed by atoms with Gasteiger partial charge in [-0.2, -0.15) is 0 Å². The summed E-state index contributed by atoms with van der Waals surface area (Å²) >= 11 is 0. The number of nitrogens with one attached hydrogen (secondary N) is 2. The van der Waals surface area contributed by atoms with E-state index in [0.29, 0.717) is 6.54 Å². The molecule has 1 fully saturated rings. The fourth-order valence-corrected chi connectivity index (χ4v) is 3.33. The molecule has 2 rings (SSSR count). The highest BCUT2D eigenvalue weighted by Gasteiger charge is 2.16. The zero-order chi connectivity index (χ0) is 20.7. The lowest BCUT2D eigenvalue weighted by atomic mass is 10.1. The fourth-order valence-electron chi connectivity index (χ4n) is 3.33. The Labute approximate surface area is 176 Å². The number of hydrogen-bond acceptors (Lipinski definition) is 4. The molecule has 6 nitrogen and oxygen atoms in total. The van der Waals surface area contributed by atoms with Crippen molar-refractivity contribution in [3.05, 3.63) is 35.4 Å². The minimum Gasteiger partial charge on any atom is -0.393 e. The lowest BCUT2D eigenvalue weighted by Gasteiger charge is -2.29. The molecule has 164 valence electrons.